The molecule has 0 spiro atoms. The maximum atomic E-state index is 14.2. The maximum Gasteiger partial charge on any atom is 0.339 e. The summed E-state index contributed by atoms with van der Waals surface area (Å²) in [6.45, 7) is 0. The predicted octanol–water partition coefficient (Wildman–Crippen LogP) is 13.8. The molecule has 0 saturated carbocycles. The molecule has 1 N–H and O–H groups in total. The first-order chi connectivity index (χ1) is 25.8. The SMILES string of the molecule is COC(=O)c1cc(-c2nc(-c3ccc(Cl)c(Cl)c3)cs2)ccc1Br.O=C(O)c1cc(-c2nc(-c3ccc(Cl)c(Cl)c3)cs2)ccc1-c1cccc(F)c1F. The van der Waals surface area contributed by atoms with Gasteiger partial charge in [0, 0.05) is 43.1 Å². The summed E-state index contributed by atoms with van der Waals surface area (Å²) >= 11 is 30.2. The first-order valence-corrected chi connectivity index (χ1v) is 19.4. The molecule has 7 aromatic rings. The number of halogens is 7. The van der Waals surface area contributed by atoms with Gasteiger partial charge in [0.1, 0.15) is 10.0 Å². The van der Waals surface area contributed by atoms with Crippen LogP contribution in [-0.4, -0.2) is 34.1 Å². The van der Waals surface area contributed by atoms with Gasteiger partial charge in [-0.1, -0.05) is 88.9 Å². The number of benzene rings is 5. The summed E-state index contributed by atoms with van der Waals surface area (Å²) < 4.78 is 33.3. The highest BCUT2D eigenvalue weighted by Gasteiger charge is 2.19. The van der Waals surface area contributed by atoms with E-state index in [2.05, 4.69) is 25.9 Å². The van der Waals surface area contributed by atoms with Crippen molar-refractivity contribution in [2.24, 2.45) is 0 Å². The van der Waals surface area contributed by atoms with E-state index in [-0.39, 0.29) is 16.7 Å². The number of aromatic nitrogens is 2. The third-order valence-corrected chi connectivity index (χ3v) is 11.7. The van der Waals surface area contributed by atoms with Gasteiger partial charge in [0.2, 0.25) is 0 Å². The highest BCUT2D eigenvalue weighted by Crippen LogP contribution is 2.36. The van der Waals surface area contributed by atoms with Gasteiger partial charge in [-0.25, -0.2) is 28.3 Å². The number of hydrogen-bond acceptors (Lipinski definition) is 7. The molecule has 54 heavy (non-hydrogen) atoms. The van der Waals surface area contributed by atoms with Crippen LogP contribution in [0.1, 0.15) is 20.7 Å². The minimum absolute atomic E-state index is 0.0875. The average molecular weight is 905 g/mol. The zero-order valence-corrected chi connectivity index (χ0v) is 33.6. The number of carbonyl (C=O) groups is 2. The number of rotatable bonds is 7. The summed E-state index contributed by atoms with van der Waals surface area (Å²) in [5, 5.41) is 16.6. The van der Waals surface area contributed by atoms with Crippen LogP contribution >= 0.6 is 85.0 Å². The minimum Gasteiger partial charge on any atom is -0.478 e. The third kappa shape index (κ3) is 8.68. The Morgan fingerprint density at radius 1 is 0.667 bits per heavy atom. The van der Waals surface area contributed by atoms with Crippen molar-refractivity contribution in [3.8, 4) is 54.8 Å². The second-order valence-electron chi connectivity index (χ2n) is 11.2. The number of aromatic carboxylic acids is 1. The number of carbonyl (C=O) groups excluding carboxylic acids is 1. The number of esters is 1. The predicted molar refractivity (Wildman–Crippen MR) is 217 cm³/mol. The van der Waals surface area contributed by atoms with Gasteiger partial charge in [0.05, 0.1) is 49.7 Å². The van der Waals surface area contributed by atoms with E-state index in [4.69, 9.17) is 51.1 Å². The quantitative estimate of drug-likeness (QED) is 0.160. The van der Waals surface area contributed by atoms with Crippen LogP contribution in [0.5, 0.6) is 0 Å². The maximum absolute atomic E-state index is 14.2. The Labute approximate surface area is 343 Å². The number of nitrogens with zero attached hydrogens (tertiary/aromatic N) is 2. The zero-order chi connectivity index (χ0) is 38.7. The van der Waals surface area contributed by atoms with Crippen LogP contribution in [0.25, 0.3) is 54.8 Å². The van der Waals surface area contributed by atoms with Gasteiger partial charge in [0.25, 0.3) is 0 Å². The second-order valence-corrected chi connectivity index (χ2v) is 15.4. The number of ether oxygens (including phenoxy) is 1. The van der Waals surface area contributed by atoms with Gasteiger partial charge >= 0.3 is 11.9 Å². The van der Waals surface area contributed by atoms with Crippen molar-refractivity contribution in [2.75, 3.05) is 7.11 Å². The lowest BCUT2D eigenvalue weighted by molar-refractivity contribution is 0.0598. The molecule has 0 aliphatic rings. The first kappa shape index (κ1) is 39.5. The van der Waals surface area contributed by atoms with E-state index >= 15 is 0 Å². The summed E-state index contributed by atoms with van der Waals surface area (Å²) in [5.74, 6) is -3.79. The topological polar surface area (TPSA) is 89.4 Å². The van der Waals surface area contributed by atoms with Gasteiger partial charge in [-0.05, 0) is 70.0 Å². The van der Waals surface area contributed by atoms with Gasteiger partial charge in [0.15, 0.2) is 11.6 Å². The first-order valence-electron chi connectivity index (χ1n) is 15.4. The average Bonchev–Trinajstić information content (AvgIpc) is 3.87. The molecule has 5 aromatic carbocycles. The fraction of sp³-hybridized carbons (Fsp3) is 0.0256. The number of hydrogen-bond donors (Lipinski definition) is 1. The molecular weight excluding hydrogens is 884 g/mol. The monoisotopic (exact) mass is 902 g/mol. The Kier molecular flexibility index (Phi) is 12.5. The van der Waals surface area contributed by atoms with Crippen LogP contribution < -0.4 is 0 Å². The molecule has 0 atom stereocenters. The lowest BCUT2D eigenvalue weighted by Gasteiger charge is -2.09. The fourth-order valence-electron chi connectivity index (χ4n) is 5.11. The van der Waals surface area contributed by atoms with Crippen LogP contribution in [0.3, 0.4) is 0 Å². The zero-order valence-electron chi connectivity index (χ0n) is 27.3. The summed E-state index contributed by atoms with van der Waals surface area (Å²) in [6.07, 6.45) is 0. The molecule has 7 rings (SSSR count). The molecule has 0 bridgehead atoms. The van der Waals surface area contributed by atoms with Gasteiger partial charge in [-0.2, -0.15) is 0 Å². The van der Waals surface area contributed by atoms with Crippen LogP contribution in [0.15, 0.2) is 106 Å². The summed E-state index contributed by atoms with van der Waals surface area (Å²) in [5.41, 5.74) is 4.78. The Hall–Kier alpha value is -4.20. The summed E-state index contributed by atoms with van der Waals surface area (Å²) in [4.78, 5) is 32.8. The van der Waals surface area contributed by atoms with E-state index in [1.54, 1.807) is 42.5 Å². The number of methoxy groups -OCH3 is 1. The molecule has 0 unspecified atom stereocenters. The molecule has 0 fully saturated rings. The van der Waals surface area contributed by atoms with Crippen molar-refractivity contribution in [1.29, 1.82) is 0 Å². The molecular formula is C39H21BrCl4F2N2O4S2. The van der Waals surface area contributed by atoms with Crippen molar-refractivity contribution >= 4 is 96.9 Å². The molecule has 15 heteroatoms. The molecule has 0 aliphatic heterocycles. The standard InChI is InChI=1S/C22H11Cl2F2NO2S.C17H10BrCl2NO2S/c23-16-7-5-11(9-17(16)24)19-10-30-21(27-19)12-4-6-13(15(8-12)22(28)29)14-2-1-3-18(25)20(14)26;1-23-17(22)11-6-10(2-4-12(11)18)16-21-15(8-24-16)9-3-5-13(19)14(20)7-9/h1-10H,(H,28,29);2-8H,1H3. The van der Waals surface area contributed by atoms with E-state index in [1.165, 1.54) is 54.0 Å². The highest BCUT2D eigenvalue weighted by molar-refractivity contribution is 9.10. The minimum atomic E-state index is -1.25. The van der Waals surface area contributed by atoms with E-state index in [0.717, 1.165) is 33.5 Å². The van der Waals surface area contributed by atoms with Crippen LogP contribution in [0.4, 0.5) is 8.78 Å². The van der Waals surface area contributed by atoms with Crippen LogP contribution in [0.2, 0.25) is 20.1 Å². The van der Waals surface area contributed by atoms with E-state index < -0.39 is 23.6 Å². The Bertz CT molecular complexity index is 2570. The van der Waals surface area contributed by atoms with Crippen molar-refractivity contribution in [2.45, 2.75) is 0 Å². The second kappa shape index (κ2) is 17.1. The van der Waals surface area contributed by atoms with Crippen LogP contribution in [-0.2, 0) is 4.74 Å². The van der Waals surface area contributed by atoms with Crippen molar-refractivity contribution in [3.63, 3.8) is 0 Å². The largest absolute Gasteiger partial charge is 0.478 e. The van der Waals surface area contributed by atoms with Crippen molar-refractivity contribution in [3.05, 3.63) is 149 Å². The van der Waals surface area contributed by atoms with Crippen LogP contribution in [0, 0.1) is 11.6 Å². The van der Waals surface area contributed by atoms with Gasteiger partial charge in [-0.3, -0.25) is 0 Å². The molecule has 0 aliphatic carbocycles. The molecule has 2 aromatic heterocycles. The van der Waals surface area contributed by atoms with Crippen molar-refractivity contribution < 1.29 is 28.2 Å². The Balaban J connectivity index is 0.000000189. The van der Waals surface area contributed by atoms with E-state index in [9.17, 15) is 23.5 Å². The number of carboxylic acids is 1. The van der Waals surface area contributed by atoms with E-state index in [1.807, 2.05) is 29.0 Å². The lowest BCUT2D eigenvalue weighted by atomic mass is 9.97. The number of thiazole rings is 2. The molecule has 0 amide bonds. The Morgan fingerprint density at radius 2 is 1.19 bits per heavy atom. The van der Waals surface area contributed by atoms with Gasteiger partial charge in [-0.15, -0.1) is 22.7 Å². The fourth-order valence-corrected chi connectivity index (χ4v) is 7.77. The highest BCUT2D eigenvalue weighted by atomic mass is 79.9. The normalized spacial score (nSPS) is 10.8. The number of carboxylic acid groups (broad SMARTS) is 1. The van der Waals surface area contributed by atoms with E-state index in [0.29, 0.717) is 46.4 Å². The molecule has 0 saturated heterocycles. The molecule has 2 heterocycles. The molecule has 6 nitrogen and oxygen atoms in total. The van der Waals surface area contributed by atoms with Gasteiger partial charge < -0.3 is 9.84 Å². The summed E-state index contributed by atoms with van der Waals surface area (Å²) in [7, 11) is 1.35. The molecule has 272 valence electrons. The van der Waals surface area contributed by atoms with Crippen molar-refractivity contribution in [1.82, 2.24) is 9.97 Å². The lowest BCUT2D eigenvalue weighted by Crippen LogP contribution is -2.02. The summed E-state index contributed by atoms with van der Waals surface area (Å²) in [6, 6.07) is 24.1. The smallest absolute Gasteiger partial charge is 0.339 e. The third-order valence-electron chi connectivity index (χ3n) is 7.80. The Morgan fingerprint density at radius 3 is 1.70 bits per heavy atom. The molecule has 0 radical (unpaired) electrons.